The van der Waals surface area contributed by atoms with E-state index in [1.807, 2.05) is 0 Å². The number of ether oxygens (including phenoxy) is 1. The van der Waals surface area contributed by atoms with E-state index in [1.54, 1.807) is 37.3 Å². The molecule has 0 spiro atoms. The van der Waals surface area contributed by atoms with Gasteiger partial charge in [0.1, 0.15) is 0 Å². The smallest absolute Gasteiger partial charge is 0.315 e. The summed E-state index contributed by atoms with van der Waals surface area (Å²) in [6, 6.07) is 11.1. The Bertz CT molecular complexity index is 683. The molecule has 0 saturated heterocycles. The SMILES string of the molecule is Cc1ccc([N+](=O)[O-])c(OC(=O)Cc2ccc(Cl)cc2)c1. The molecular formula is C15H12ClNO4. The minimum absolute atomic E-state index is 0.0161. The van der Waals surface area contributed by atoms with Crippen molar-refractivity contribution in [3.8, 4) is 5.75 Å². The molecule has 0 aliphatic heterocycles. The van der Waals surface area contributed by atoms with E-state index in [0.29, 0.717) is 5.02 Å². The van der Waals surface area contributed by atoms with Gasteiger partial charge in [-0.2, -0.15) is 0 Å². The summed E-state index contributed by atoms with van der Waals surface area (Å²) in [6.45, 7) is 1.76. The van der Waals surface area contributed by atoms with Gasteiger partial charge in [-0.3, -0.25) is 14.9 Å². The maximum atomic E-state index is 11.9. The van der Waals surface area contributed by atoms with E-state index in [-0.39, 0.29) is 17.9 Å². The number of nitro groups is 1. The quantitative estimate of drug-likeness (QED) is 0.374. The van der Waals surface area contributed by atoms with Crippen LogP contribution in [-0.4, -0.2) is 10.9 Å². The minimum Gasteiger partial charge on any atom is -0.419 e. The molecular weight excluding hydrogens is 294 g/mol. The van der Waals surface area contributed by atoms with Gasteiger partial charge in [0.25, 0.3) is 0 Å². The molecule has 108 valence electrons. The number of nitro benzene ring substituents is 1. The van der Waals surface area contributed by atoms with E-state index in [4.69, 9.17) is 16.3 Å². The maximum absolute atomic E-state index is 11.9. The van der Waals surface area contributed by atoms with Gasteiger partial charge < -0.3 is 4.74 Å². The Morgan fingerprint density at radius 2 is 1.90 bits per heavy atom. The van der Waals surface area contributed by atoms with Crippen LogP contribution in [0.25, 0.3) is 0 Å². The second kappa shape index (κ2) is 6.37. The first-order chi connectivity index (χ1) is 9.95. The second-order valence-corrected chi connectivity index (χ2v) is 4.94. The molecule has 0 radical (unpaired) electrons. The molecule has 6 heteroatoms. The fourth-order valence-corrected chi connectivity index (χ4v) is 1.91. The van der Waals surface area contributed by atoms with Crippen molar-refractivity contribution in [3.05, 3.63) is 68.7 Å². The summed E-state index contributed by atoms with van der Waals surface area (Å²) in [5, 5.41) is 11.5. The summed E-state index contributed by atoms with van der Waals surface area (Å²) >= 11 is 5.76. The van der Waals surface area contributed by atoms with Gasteiger partial charge in [0.15, 0.2) is 0 Å². The van der Waals surface area contributed by atoms with Gasteiger partial charge in [-0.05, 0) is 36.2 Å². The molecule has 0 unspecified atom stereocenters. The topological polar surface area (TPSA) is 69.4 Å². The molecule has 5 nitrogen and oxygen atoms in total. The van der Waals surface area contributed by atoms with Crippen LogP contribution in [0.3, 0.4) is 0 Å². The molecule has 2 rings (SSSR count). The van der Waals surface area contributed by atoms with Crippen molar-refractivity contribution in [1.82, 2.24) is 0 Å². The lowest BCUT2D eigenvalue weighted by Crippen LogP contribution is -2.12. The number of benzene rings is 2. The normalized spacial score (nSPS) is 10.2. The summed E-state index contributed by atoms with van der Waals surface area (Å²) in [7, 11) is 0. The zero-order valence-electron chi connectivity index (χ0n) is 11.2. The average Bonchev–Trinajstić information content (AvgIpc) is 2.41. The molecule has 0 bridgehead atoms. The van der Waals surface area contributed by atoms with Gasteiger partial charge in [-0.1, -0.05) is 29.8 Å². The second-order valence-electron chi connectivity index (χ2n) is 4.51. The molecule has 21 heavy (non-hydrogen) atoms. The van der Waals surface area contributed by atoms with Crippen LogP contribution in [0.15, 0.2) is 42.5 Å². The highest BCUT2D eigenvalue weighted by Crippen LogP contribution is 2.28. The van der Waals surface area contributed by atoms with Crippen LogP contribution >= 0.6 is 11.6 Å². The van der Waals surface area contributed by atoms with Crippen LogP contribution < -0.4 is 4.74 Å². The van der Waals surface area contributed by atoms with Gasteiger partial charge >= 0.3 is 11.7 Å². The molecule has 0 aliphatic carbocycles. The predicted molar refractivity (Wildman–Crippen MR) is 78.6 cm³/mol. The number of hydrogen-bond donors (Lipinski definition) is 0. The van der Waals surface area contributed by atoms with Gasteiger partial charge in [-0.15, -0.1) is 0 Å². The first-order valence-corrected chi connectivity index (χ1v) is 6.53. The Hall–Kier alpha value is -2.40. The van der Waals surface area contributed by atoms with E-state index in [1.165, 1.54) is 12.1 Å². The number of carbonyl (C=O) groups is 1. The number of halogens is 1. The molecule has 0 heterocycles. The standard InChI is InChI=1S/C15H12ClNO4/c1-10-2-7-13(17(19)20)14(8-10)21-15(18)9-11-3-5-12(16)6-4-11/h2-8H,9H2,1H3. The summed E-state index contributed by atoms with van der Waals surface area (Å²) in [5.41, 5.74) is 1.26. The van der Waals surface area contributed by atoms with Crippen LogP contribution in [-0.2, 0) is 11.2 Å². The minimum atomic E-state index is -0.579. The Labute approximate surface area is 126 Å². The highest BCUT2D eigenvalue weighted by atomic mass is 35.5. The molecule has 2 aromatic carbocycles. The molecule has 0 saturated carbocycles. The number of aryl methyl sites for hydroxylation is 1. The Morgan fingerprint density at radius 3 is 2.52 bits per heavy atom. The number of nitrogens with zero attached hydrogens (tertiary/aromatic N) is 1. The summed E-state index contributed by atoms with van der Waals surface area (Å²) < 4.78 is 5.11. The lowest BCUT2D eigenvalue weighted by molar-refractivity contribution is -0.385. The van der Waals surface area contributed by atoms with Crippen molar-refractivity contribution in [2.75, 3.05) is 0 Å². The summed E-state index contributed by atoms with van der Waals surface area (Å²) in [6.07, 6.45) is 0.0161. The zero-order chi connectivity index (χ0) is 15.4. The first kappa shape index (κ1) is 15.0. The third-order valence-electron chi connectivity index (χ3n) is 2.80. The Kier molecular flexibility index (Phi) is 4.55. The fourth-order valence-electron chi connectivity index (χ4n) is 1.78. The largest absolute Gasteiger partial charge is 0.419 e. The third kappa shape index (κ3) is 4.03. The van der Waals surface area contributed by atoms with Crippen molar-refractivity contribution in [2.24, 2.45) is 0 Å². The fraction of sp³-hybridized carbons (Fsp3) is 0.133. The van der Waals surface area contributed by atoms with Gasteiger partial charge in [-0.25, -0.2) is 0 Å². The van der Waals surface area contributed by atoms with E-state index in [2.05, 4.69) is 0 Å². The van der Waals surface area contributed by atoms with Crippen LogP contribution in [0.5, 0.6) is 5.75 Å². The zero-order valence-corrected chi connectivity index (χ0v) is 12.0. The molecule has 0 amide bonds. The Morgan fingerprint density at radius 1 is 1.24 bits per heavy atom. The number of rotatable bonds is 4. The summed E-state index contributed by atoms with van der Waals surface area (Å²) in [5.74, 6) is -0.606. The van der Waals surface area contributed by atoms with Crippen molar-refractivity contribution >= 4 is 23.3 Å². The van der Waals surface area contributed by atoms with Crippen LogP contribution in [0, 0.1) is 17.0 Å². The monoisotopic (exact) mass is 305 g/mol. The van der Waals surface area contributed by atoms with E-state index in [0.717, 1.165) is 11.1 Å². The van der Waals surface area contributed by atoms with Gasteiger partial charge in [0, 0.05) is 11.1 Å². The van der Waals surface area contributed by atoms with Crippen LogP contribution in [0.4, 0.5) is 5.69 Å². The highest BCUT2D eigenvalue weighted by molar-refractivity contribution is 6.30. The highest BCUT2D eigenvalue weighted by Gasteiger charge is 2.18. The van der Waals surface area contributed by atoms with Gasteiger partial charge in [0.2, 0.25) is 5.75 Å². The molecule has 0 fully saturated rings. The molecule has 0 atom stereocenters. The number of carbonyl (C=O) groups excluding carboxylic acids is 1. The van der Waals surface area contributed by atoms with Crippen molar-refractivity contribution in [2.45, 2.75) is 13.3 Å². The molecule has 0 N–H and O–H groups in total. The molecule has 2 aromatic rings. The van der Waals surface area contributed by atoms with Gasteiger partial charge in [0.05, 0.1) is 11.3 Å². The molecule has 0 aliphatic rings. The maximum Gasteiger partial charge on any atom is 0.315 e. The van der Waals surface area contributed by atoms with Crippen LogP contribution in [0.1, 0.15) is 11.1 Å². The number of hydrogen-bond acceptors (Lipinski definition) is 4. The average molecular weight is 306 g/mol. The predicted octanol–water partition coefficient (Wildman–Crippen LogP) is 3.70. The van der Waals surface area contributed by atoms with Crippen molar-refractivity contribution < 1.29 is 14.5 Å². The molecule has 0 aromatic heterocycles. The first-order valence-electron chi connectivity index (χ1n) is 6.16. The van der Waals surface area contributed by atoms with Crippen molar-refractivity contribution in [3.63, 3.8) is 0 Å². The Balaban J connectivity index is 2.14. The lowest BCUT2D eigenvalue weighted by atomic mass is 10.1. The van der Waals surface area contributed by atoms with Crippen LogP contribution in [0.2, 0.25) is 5.02 Å². The van der Waals surface area contributed by atoms with E-state index >= 15 is 0 Å². The lowest BCUT2D eigenvalue weighted by Gasteiger charge is -2.06. The van der Waals surface area contributed by atoms with Crippen molar-refractivity contribution in [1.29, 1.82) is 0 Å². The number of esters is 1. The summed E-state index contributed by atoms with van der Waals surface area (Å²) in [4.78, 5) is 22.2. The third-order valence-corrected chi connectivity index (χ3v) is 3.05. The van der Waals surface area contributed by atoms with E-state index < -0.39 is 10.9 Å². The van der Waals surface area contributed by atoms with E-state index in [9.17, 15) is 14.9 Å².